The van der Waals surface area contributed by atoms with E-state index in [1.165, 1.54) is 24.3 Å². The highest BCUT2D eigenvalue weighted by Gasteiger charge is 2.23. The van der Waals surface area contributed by atoms with E-state index in [-0.39, 0.29) is 17.6 Å². The van der Waals surface area contributed by atoms with Gasteiger partial charge in [0.2, 0.25) is 17.6 Å². The molecule has 0 bridgehead atoms. The highest BCUT2D eigenvalue weighted by atomic mass is 19.1. The Balaban J connectivity index is 1.80. The van der Waals surface area contributed by atoms with Crippen molar-refractivity contribution in [3.8, 4) is 0 Å². The van der Waals surface area contributed by atoms with Crippen LogP contribution >= 0.6 is 0 Å². The minimum atomic E-state index is -0.658. The van der Waals surface area contributed by atoms with Gasteiger partial charge in [0.15, 0.2) is 0 Å². The van der Waals surface area contributed by atoms with Crippen molar-refractivity contribution in [2.24, 2.45) is 0 Å². The van der Waals surface area contributed by atoms with Crippen LogP contribution in [0, 0.1) is 15.9 Å². The van der Waals surface area contributed by atoms with Gasteiger partial charge in [-0.05, 0) is 36.2 Å². The van der Waals surface area contributed by atoms with Crippen molar-refractivity contribution < 1.29 is 9.31 Å². The number of nitrogens with zero attached hydrogens (tertiary/aromatic N) is 3. The normalized spacial score (nSPS) is 10.4. The van der Waals surface area contributed by atoms with Crippen LogP contribution < -0.4 is 16.4 Å². The van der Waals surface area contributed by atoms with Crippen LogP contribution in [0.3, 0.4) is 0 Å². The molecular formula is C18H17FN6O2. The van der Waals surface area contributed by atoms with Crippen LogP contribution in [0.4, 0.5) is 33.3 Å². The lowest BCUT2D eigenvalue weighted by atomic mass is 10.1. The fourth-order valence-corrected chi connectivity index (χ4v) is 2.45. The number of nitrogen functional groups attached to an aromatic ring is 1. The Morgan fingerprint density at radius 2 is 1.78 bits per heavy atom. The molecular weight excluding hydrogens is 351 g/mol. The van der Waals surface area contributed by atoms with Crippen molar-refractivity contribution in [2.45, 2.75) is 6.42 Å². The summed E-state index contributed by atoms with van der Waals surface area (Å²) in [5.74, 6) is -0.581. The summed E-state index contributed by atoms with van der Waals surface area (Å²) in [5, 5.41) is 17.1. The van der Waals surface area contributed by atoms with Crippen LogP contribution in [0.15, 0.2) is 54.6 Å². The number of nitrogens with one attached hydrogen (secondary N) is 2. The van der Waals surface area contributed by atoms with Gasteiger partial charge in [-0.3, -0.25) is 10.1 Å². The van der Waals surface area contributed by atoms with Crippen LogP contribution in [-0.2, 0) is 6.42 Å². The van der Waals surface area contributed by atoms with Crippen molar-refractivity contribution in [2.75, 3.05) is 22.9 Å². The molecule has 9 heteroatoms. The van der Waals surface area contributed by atoms with Gasteiger partial charge in [0.05, 0.1) is 4.92 Å². The number of rotatable bonds is 7. The molecule has 0 aliphatic heterocycles. The maximum Gasteiger partial charge on any atom is 0.353 e. The number of halogens is 1. The van der Waals surface area contributed by atoms with Gasteiger partial charge in [0.25, 0.3) is 0 Å². The smallest absolute Gasteiger partial charge is 0.353 e. The maximum absolute atomic E-state index is 13.0. The summed E-state index contributed by atoms with van der Waals surface area (Å²) in [7, 11) is 0. The van der Waals surface area contributed by atoms with E-state index < -0.39 is 16.4 Å². The van der Waals surface area contributed by atoms with Gasteiger partial charge in [-0.2, -0.15) is 9.97 Å². The second kappa shape index (κ2) is 8.09. The van der Waals surface area contributed by atoms with Crippen molar-refractivity contribution in [3.63, 3.8) is 0 Å². The zero-order valence-electron chi connectivity index (χ0n) is 14.2. The Morgan fingerprint density at radius 1 is 1.07 bits per heavy atom. The van der Waals surface area contributed by atoms with Crippen LogP contribution in [0.25, 0.3) is 0 Å². The SMILES string of the molecule is Nc1nc(NCCc2ccccc2)nc(Nc2ccc(F)cc2)c1[N+](=O)[O-]. The average molecular weight is 368 g/mol. The summed E-state index contributed by atoms with van der Waals surface area (Å²) in [6, 6.07) is 15.2. The number of benzene rings is 2. The Bertz CT molecular complexity index is 935. The van der Waals surface area contributed by atoms with Crippen molar-refractivity contribution in [1.82, 2.24) is 9.97 Å². The van der Waals surface area contributed by atoms with E-state index in [0.29, 0.717) is 12.2 Å². The molecule has 1 aromatic heterocycles. The first-order valence-electron chi connectivity index (χ1n) is 8.15. The first-order chi connectivity index (χ1) is 13.0. The van der Waals surface area contributed by atoms with Crippen LogP contribution in [0.5, 0.6) is 0 Å². The molecule has 0 unspecified atom stereocenters. The van der Waals surface area contributed by atoms with Crippen molar-refractivity contribution in [3.05, 3.63) is 76.1 Å². The van der Waals surface area contributed by atoms with Gasteiger partial charge in [-0.15, -0.1) is 0 Å². The Labute approximate surface area is 154 Å². The summed E-state index contributed by atoms with van der Waals surface area (Å²) >= 11 is 0. The highest BCUT2D eigenvalue weighted by molar-refractivity contribution is 5.74. The van der Waals surface area contributed by atoms with Gasteiger partial charge < -0.3 is 16.4 Å². The molecule has 0 aliphatic carbocycles. The quantitative estimate of drug-likeness (QED) is 0.431. The van der Waals surface area contributed by atoms with Gasteiger partial charge in [0, 0.05) is 12.2 Å². The zero-order chi connectivity index (χ0) is 19.2. The molecule has 0 aliphatic rings. The molecule has 0 radical (unpaired) electrons. The fraction of sp³-hybridized carbons (Fsp3) is 0.111. The first kappa shape index (κ1) is 18.1. The van der Waals surface area contributed by atoms with E-state index in [0.717, 1.165) is 12.0 Å². The molecule has 27 heavy (non-hydrogen) atoms. The van der Waals surface area contributed by atoms with E-state index in [2.05, 4.69) is 20.6 Å². The molecule has 3 aromatic rings. The molecule has 0 saturated carbocycles. The summed E-state index contributed by atoms with van der Waals surface area (Å²) in [6.07, 6.45) is 0.724. The molecule has 3 rings (SSSR count). The zero-order valence-corrected chi connectivity index (χ0v) is 14.2. The van der Waals surface area contributed by atoms with E-state index in [1.807, 2.05) is 30.3 Å². The molecule has 0 amide bonds. The Kier molecular flexibility index (Phi) is 5.41. The standard InChI is InChI=1S/C18H17FN6O2/c19-13-6-8-14(9-7-13)22-17-15(25(26)27)16(20)23-18(24-17)21-11-10-12-4-2-1-3-5-12/h1-9H,10-11H2,(H4,20,21,22,23,24). The third-order valence-corrected chi connectivity index (χ3v) is 3.74. The molecule has 4 N–H and O–H groups in total. The van der Waals surface area contributed by atoms with E-state index in [1.54, 1.807) is 0 Å². The van der Waals surface area contributed by atoms with Gasteiger partial charge in [-0.1, -0.05) is 30.3 Å². The largest absolute Gasteiger partial charge is 0.378 e. The molecule has 0 atom stereocenters. The van der Waals surface area contributed by atoms with Crippen LogP contribution in [-0.4, -0.2) is 21.4 Å². The van der Waals surface area contributed by atoms with E-state index in [9.17, 15) is 14.5 Å². The lowest BCUT2D eigenvalue weighted by Gasteiger charge is -2.11. The van der Waals surface area contributed by atoms with Crippen molar-refractivity contribution >= 4 is 29.0 Å². The monoisotopic (exact) mass is 368 g/mol. The predicted octanol–water partition coefficient (Wildman–Crippen LogP) is 3.50. The second-order valence-electron chi connectivity index (χ2n) is 5.68. The molecule has 2 aromatic carbocycles. The second-order valence-corrected chi connectivity index (χ2v) is 5.68. The highest BCUT2D eigenvalue weighted by Crippen LogP contribution is 2.31. The molecule has 0 spiro atoms. The Hall–Kier alpha value is -3.75. The van der Waals surface area contributed by atoms with Crippen molar-refractivity contribution in [1.29, 1.82) is 0 Å². The fourth-order valence-electron chi connectivity index (χ4n) is 2.45. The minimum absolute atomic E-state index is 0.0682. The maximum atomic E-state index is 13.0. The number of nitrogens with two attached hydrogens (primary N) is 1. The predicted molar refractivity (Wildman–Crippen MR) is 101 cm³/mol. The third kappa shape index (κ3) is 4.66. The summed E-state index contributed by atoms with van der Waals surface area (Å²) < 4.78 is 13.0. The average Bonchev–Trinajstić information content (AvgIpc) is 2.64. The lowest BCUT2D eigenvalue weighted by Crippen LogP contribution is -2.12. The molecule has 0 saturated heterocycles. The number of aromatic nitrogens is 2. The number of hydrogen-bond donors (Lipinski definition) is 3. The lowest BCUT2D eigenvalue weighted by molar-refractivity contribution is -0.383. The molecule has 0 fully saturated rings. The van der Waals surface area contributed by atoms with E-state index in [4.69, 9.17) is 5.73 Å². The number of hydrogen-bond acceptors (Lipinski definition) is 7. The van der Waals surface area contributed by atoms with Gasteiger partial charge >= 0.3 is 5.69 Å². The summed E-state index contributed by atoms with van der Waals surface area (Å²) in [6.45, 7) is 0.525. The van der Waals surface area contributed by atoms with Gasteiger partial charge in [-0.25, -0.2) is 4.39 Å². The first-order valence-corrected chi connectivity index (χ1v) is 8.15. The summed E-state index contributed by atoms with van der Waals surface area (Å²) in [4.78, 5) is 18.8. The minimum Gasteiger partial charge on any atom is -0.378 e. The Morgan fingerprint density at radius 3 is 2.44 bits per heavy atom. The number of anilines is 4. The topological polar surface area (TPSA) is 119 Å². The number of nitro groups is 1. The molecule has 8 nitrogen and oxygen atoms in total. The van der Waals surface area contributed by atoms with Gasteiger partial charge in [0.1, 0.15) is 5.82 Å². The molecule has 138 valence electrons. The molecule has 1 heterocycles. The van der Waals surface area contributed by atoms with Crippen LogP contribution in [0.2, 0.25) is 0 Å². The van der Waals surface area contributed by atoms with Crippen LogP contribution in [0.1, 0.15) is 5.56 Å². The third-order valence-electron chi connectivity index (χ3n) is 3.74. The van der Waals surface area contributed by atoms with E-state index >= 15 is 0 Å². The summed E-state index contributed by atoms with van der Waals surface area (Å²) in [5.41, 5.74) is 6.88.